The van der Waals surface area contributed by atoms with Crippen molar-refractivity contribution in [3.8, 4) is 0 Å². The molecule has 0 amide bonds. The van der Waals surface area contributed by atoms with Gasteiger partial charge in [-0.05, 0) is 48.7 Å². The highest BCUT2D eigenvalue weighted by Gasteiger charge is 2.21. The first-order chi connectivity index (χ1) is 9.74. The van der Waals surface area contributed by atoms with Gasteiger partial charge < -0.3 is 5.11 Å². The van der Waals surface area contributed by atoms with Crippen molar-refractivity contribution in [2.24, 2.45) is 0 Å². The molecule has 0 radical (unpaired) electrons. The van der Waals surface area contributed by atoms with Crippen LogP contribution in [0.4, 0.5) is 0 Å². The quantitative estimate of drug-likeness (QED) is 0.917. The molecule has 1 heterocycles. The van der Waals surface area contributed by atoms with Gasteiger partial charge in [0.25, 0.3) is 0 Å². The van der Waals surface area contributed by atoms with E-state index in [4.69, 9.17) is 0 Å². The average molecular weight is 269 g/mol. The lowest BCUT2D eigenvalue weighted by molar-refractivity contribution is 0.0733. The minimum atomic E-state index is -0.389. The molecule has 0 saturated carbocycles. The lowest BCUT2D eigenvalue weighted by Gasteiger charge is -2.34. The second-order valence-electron chi connectivity index (χ2n) is 5.96. The molecule has 2 aromatic carbocycles. The van der Waals surface area contributed by atoms with Crippen LogP contribution in [0.25, 0.3) is 10.8 Å². The number of hydrogen-bond donors (Lipinski definition) is 1. The Kier molecular flexibility index (Phi) is 4.04. The predicted molar refractivity (Wildman–Crippen MR) is 83.8 cm³/mol. The van der Waals surface area contributed by atoms with E-state index in [1.54, 1.807) is 0 Å². The van der Waals surface area contributed by atoms with Crippen LogP contribution in [0, 0.1) is 0 Å². The van der Waals surface area contributed by atoms with E-state index < -0.39 is 0 Å². The van der Waals surface area contributed by atoms with Crippen LogP contribution >= 0.6 is 0 Å². The van der Waals surface area contributed by atoms with Crippen molar-refractivity contribution in [3.63, 3.8) is 0 Å². The maximum absolute atomic E-state index is 10.5. The van der Waals surface area contributed by atoms with Crippen LogP contribution in [-0.4, -0.2) is 29.1 Å². The molecule has 3 rings (SSSR count). The van der Waals surface area contributed by atoms with E-state index in [2.05, 4.69) is 42.2 Å². The topological polar surface area (TPSA) is 23.5 Å². The molecule has 2 unspecified atom stereocenters. The van der Waals surface area contributed by atoms with E-state index >= 15 is 0 Å². The molecule has 0 aromatic heterocycles. The average Bonchev–Trinajstić information content (AvgIpc) is 2.49. The van der Waals surface area contributed by atoms with Gasteiger partial charge in [0.2, 0.25) is 0 Å². The molecule has 20 heavy (non-hydrogen) atoms. The fourth-order valence-corrected chi connectivity index (χ4v) is 3.17. The van der Waals surface area contributed by atoms with Crippen LogP contribution in [0.1, 0.15) is 37.9 Å². The molecule has 1 fully saturated rings. The van der Waals surface area contributed by atoms with E-state index in [1.165, 1.54) is 30.0 Å². The summed E-state index contributed by atoms with van der Waals surface area (Å²) in [6.45, 7) is 4.14. The van der Waals surface area contributed by atoms with Crippen molar-refractivity contribution in [3.05, 3.63) is 48.0 Å². The molecule has 1 saturated heterocycles. The number of rotatable bonds is 3. The van der Waals surface area contributed by atoms with E-state index in [0.717, 1.165) is 18.7 Å². The molecule has 1 aliphatic heterocycles. The smallest absolute Gasteiger partial charge is 0.0917 e. The molecule has 1 aliphatic rings. The van der Waals surface area contributed by atoms with Crippen molar-refractivity contribution in [2.45, 2.75) is 38.3 Å². The van der Waals surface area contributed by atoms with Gasteiger partial charge in [-0.25, -0.2) is 0 Å². The maximum atomic E-state index is 10.5. The molecule has 0 aliphatic carbocycles. The van der Waals surface area contributed by atoms with Gasteiger partial charge in [-0.15, -0.1) is 0 Å². The number of β-amino-alcohol motifs (C(OH)–C–C–N with tert-alkyl or cyclic N) is 1. The Morgan fingerprint density at radius 2 is 1.95 bits per heavy atom. The van der Waals surface area contributed by atoms with E-state index in [-0.39, 0.29) is 6.10 Å². The summed E-state index contributed by atoms with van der Waals surface area (Å²) >= 11 is 0. The zero-order valence-corrected chi connectivity index (χ0v) is 12.1. The minimum absolute atomic E-state index is 0.389. The second-order valence-corrected chi connectivity index (χ2v) is 5.96. The molecule has 2 atom stereocenters. The summed E-state index contributed by atoms with van der Waals surface area (Å²) < 4.78 is 0. The van der Waals surface area contributed by atoms with Gasteiger partial charge in [-0.2, -0.15) is 0 Å². The monoisotopic (exact) mass is 269 g/mol. The first-order valence-electron chi connectivity index (χ1n) is 7.65. The van der Waals surface area contributed by atoms with Crippen LogP contribution in [-0.2, 0) is 0 Å². The summed E-state index contributed by atoms with van der Waals surface area (Å²) in [7, 11) is 0. The van der Waals surface area contributed by atoms with E-state index in [9.17, 15) is 5.11 Å². The van der Waals surface area contributed by atoms with Crippen molar-refractivity contribution in [2.75, 3.05) is 13.1 Å². The third-order valence-corrected chi connectivity index (χ3v) is 4.51. The van der Waals surface area contributed by atoms with Gasteiger partial charge >= 0.3 is 0 Å². The number of piperidine rings is 1. The van der Waals surface area contributed by atoms with Crippen molar-refractivity contribution >= 4 is 10.8 Å². The molecule has 0 bridgehead atoms. The predicted octanol–water partition coefficient (Wildman–Crippen LogP) is 3.75. The fraction of sp³-hybridized carbons (Fsp3) is 0.444. The van der Waals surface area contributed by atoms with Gasteiger partial charge in [0.05, 0.1) is 6.10 Å². The largest absolute Gasteiger partial charge is 0.387 e. The maximum Gasteiger partial charge on any atom is 0.0917 e. The summed E-state index contributed by atoms with van der Waals surface area (Å²) in [4.78, 5) is 2.42. The zero-order chi connectivity index (χ0) is 13.9. The molecular formula is C18H23NO. The van der Waals surface area contributed by atoms with Crippen LogP contribution in [0.15, 0.2) is 42.5 Å². The van der Waals surface area contributed by atoms with Crippen molar-refractivity contribution in [1.82, 2.24) is 4.90 Å². The summed E-state index contributed by atoms with van der Waals surface area (Å²) in [6.07, 6.45) is 3.45. The van der Waals surface area contributed by atoms with Gasteiger partial charge in [-0.1, -0.05) is 42.8 Å². The summed E-state index contributed by atoms with van der Waals surface area (Å²) in [5.41, 5.74) is 1.03. The number of aliphatic hydroxyl groups is 1. The Morgan fingerprint density at radius 3 is 2.75 bits per heavy atom. The number of fused-ring (bicyclic) bond motifs is 1. The number of aliphatic hydroxyl groups excluding tert-OH is 1. The molecular weight excluding hydrogens is 246 g/mol. The summed E-state index contributed by atoms with van der Waals surface area (Å²) in [5, 5.41) is 12.9. The number of benzene rings is 2. The van der Waals surface area contributed by atoms with Gasteiger partial charge in [0, 0.05) is 12.6 Å². The number of likely N-dealkylation sites (tertiary alicyclic amines) is 1. The molecule has 2 aromatic rings. The van der Waals surface area contributed by atoms with E-state index in [1.807, 2.05) is 12.1 Å². The zero-order valence-electron chi connectivity index (χ0n) is 12.1. The molecule has 2 heteroatoms. The number of nitrogens with zero attached hydrogens (tertiary/aromatic N) is 1. The highest BCUT2D eigenvalue weighted by atomic mass is 16.3. The Labute approximate surface area is 121 Å². The van der Waals surface area contributed by atoms with Crippen molar-refractivity contribution < 1.29 is 5.11 Å². The third kappa shape index (κ3) is 2.87. The lowest BCUT2D eigenvalue weighted by Crippen LogP contribution is -2.40. The van der Waals surface area contributed by atoms with Crippen molar-refractivity contribution in [1.29, 1.82) is 0 Å². The molecule has 1 N–H and O–H groups in total. The highest BCUT2D eigenvalue weighted by molar-refractivity contribution is 5.83. The third-order valence-electron chi connectivity index (χ3n) is 4.51. The van der Waals surface area contributed by atoms with Gasteiger partial charge in [0.1, 0.15) is 0 Å². The second kappa shape index (κ2) is 5.94. The Balaban J connectivity index is 1.76. The lowest BCUT2D eigenvalue weighted by atomic mass is 10.00. The molecule has 106 valence electrons. The number of hydrogen-bond acceptors (Lipinski definition) is 2. The Hall–Kier alpha value is -1.38. The minimum Gasteiger partial charge on any atom is -0.387 e. The molecule has 2 nitrogen and oxygen atoms in total. The molecule has 0 spiro atoms. The van der Waals surface area contributed by atoms with Gasteiger partial charge in [0.15, 0.2) is 0 Å². The normalized spacial score (nSPS) is 22.0. The van der Waals surface area contributed by atoms with Crippen LogP contribution in [0.3, 0.4) is 0 Å². The first-order valence-corrected chi connectivity index (χ1v) is 7.65. The standard InChI is InChI=1S/C18H23NO/c1-14-6-4-5-11-19(14)13-18(20)17-10-9-15-7-2-3-8-16(15)12-17/h2-3,7-10,12,14,18,20H,4-6,11,13H2,1H3. The Bertz CT molecular complexity index is 580. The summed E-state index contributed by atoms with van der Waals surface area (Å²) in [5.74, 6) is 0. The van der Waals surface area contributed by atoms with Crippen LogP contribution < -0.4 is 0 Å². The van der Waals surface area contributed by atoms with E-state index in [0.29, 0.717) is 6.04 Å². The summed E-state index contributed by atoms with van der Waals surface area (Å²) in [6, 6.07) is 15.2. The first kappa shape index (κ1) is 13.6. The Morgan fingerprint density at radius 1 is 1.15 bits per heavy atom. The van der Waals surface area contributed by atoms with Gasteiger partial charge in [-0.3, -0.25) is 4.90 Å². The van der Waals surface area contributed by atoms with Crippen LogP contribution in [0.5, 0.6) is 0 Å². The van der Waals surface area contributed by atoms with Crippen LogP contribution in [0.2, 0.25) is 0 Å². The fourth-order valence-electron chi connectivity index (χ4n) is 3.17. The highest BCUT2D eigenvalue weighted by Crippen LogP contribution is 2.24. The SMILES string of the molecule is CC1CCCCN1CC(O)c1ccc2ccccc2c1.